The Kier molecular flexibility index (Phi) is 4.50. The molecule has 0 aromatic heterocycles. The van der Waals surface area contributed by atoms with Gasteiger partial charge in [0.1, 0.15) is 0 Å². The minimum Gasteiger partial charge on any atom is -0.478 e. The molecule has 5 heteroatoms. The van der Waals surface area contributed by atoms with Crippen molar-refractivity contribution in [3.8, 4) is 0 Å². The van der Waals surface area contributed by atoms with Crippen molar-refractivity contribution >= 4 is 11.9 Å². The molecule has 1 saturated heterocycles. The standard InChI is InChI=1S/C14H23N.C4H4O4/c1-15-3-2-14(9-15)12-5-10-4-11(7-12)8-13(14)6-10;5-3(6)1-2-4(7)8/h10-13H,2-9H2,1H3;1-2H,(H,5,6)(H,7,8)/b;2-1+. The predicted octanol–water partition coefficient (Wildman–Crippen LogP) is 2.48. The van der Waals surface area contributed by atoms with E-state index in [0.29, 0.717) is 12.2 Å². The van der Waals surface area contributed by atoms with Crippen LogP contribution in [-0.4, -0.2) is 47.2 Å². The van der Waals surface area contributed by atoms with Gasteiger partial charge in [0.15, 0.2) is 0 Å². The number of carboxylic acids is 2. The number of aliphatic carboxylic acids is 2. The van der Waals surface area contributed by atoms with Crippen molar-refractivity contribution in [3.63, 3.8) is 0 Å². The van der Waals surface area contributed by atoms with Gasteiger partial charge >= 0.3 is 11.9 Å². The van der Waals surface area contributed by atoms with Gasteiger partial charge < -0.3 is 15.1 Å². The summed E-state index contributed by atoms with van der Waals surface area (Å²) < 4.78 is 0. The summed E-state index contributed by atoms with van der Waals surface area (Å²) in [5.74, 6) is 2.02. The number of hydrogen-bond acceptors (Lipinski definition) is 3. The van der Waals surface area contributed by atoms with Gasteiger partial charge in [0, 0.05) is 18.7 Å². The van der Waals surface area contributed by atoms with E-state index in [1.54, 1.807) is 32.1 Å². The lowest BCUT2D eigenvalue weighted by Gasteiger charge is -2.60. The fourth-order valence-corrected chi connectivity index (χ4v) is 5.99. The molecule has 0 radical (unpaired) electrons. The topological polar surface area (TPSA) is 77.8 Å². The fourth-order valence-electron chi connectivity index (χ4n) is 5.99. The van der Waals surface area contributed by atoms with Crippen molar-refractivity contribution in [1.29, 1.82) is 0 Å². The van der Waals surface area contributed by atoms with Crippen LogP contribution in [-0.2, 0) is 9.59 Å². The van der Waals surface area contributed by atoms with E-state index < -0.39 is 11.9 Å². The Balaban J connectivity index is 0.000000170. The van der Waals surface area contributed by atoms with Gasteiger partial charge in [0.05, 0.1) is 0 Å². The van der Waals surface area contributed by atoms with Crippen LogP contribution >= 0.6 is 0 Å². The van der Waals surface area contributed by atoms with Crippen LogP contribution in [0.4, 0.5) is 0 Å². The summed E-state index contributed by atoms with van der Waals surface area (Å²) in [4.78, 5) is 21.7. The lowest BCUT2D eigenvalue weighted by Crippen LogP contribution is -2.53. The largest absolute Gasteiger partial charge is 0.478 e. The molecule has 5 nitrogen and oxygen atoms in total. The van der Waals surface area contributed by atoms with E-state index in [2.05, 4.69) is 11.9 Å². The molecule has 1 spiro atoms. The van der Waals surface area contributed by atoms with E-state index in [4.69, 9.17) is 10.2 Å². The zero-order valence-electron chi connectivity index (χ0n) is 13.8. The molecule has 4 aliphatic carbocycles. The van der Waals surface area contributed by atoms with Crippen molar-refractivity contribution in [2.75, 3.05) is 20.1 Å². The molecule has 0 aromatic rings. The molecule has 0 atom stereocenters. The highest BCUT2D eigenvalue weighted by molar-refractivity contribution is 5.89. The molecule has 0 aromatic carbocycles. The van der Waals surface area contributed by atoms with Gasteiger partial charge in [0.2, 0.25) is 0 Å². The number of hydrogen-bond donors (Lipinski definition) is 2. The zero-order valence-corrected chi connectivity index (χ0v) is 13.8. The third-order valence-corrected chi connectivity index (χ3v) is 6.66. The molecule has 128 valence electrons. The molecule has 5 rings (SSSR count). The molecule has 2 N–H and O–H groups in total. The SMILES string of the molecule is CN1CCC2(C1)C1CC3CC(C1)CC2C3.O=C(O)/C=C/C(=O)O. The molecule has 1 heterocycles. The first-order chi connectivity index (χ1) is 10.9. The minimum absolute atomic E-state index is 0.558. The van der Waals surface area contributed by atoms with Gasteiger partial charge in [-0.05, 0) is 81.2 Å². The number of likely N-dealkylation sites (tertiary alicyclic amines) is 1. The van der Waals surface area contributed by atoms with Crippen molar-refractivity contribution in [3.05, 3.63) is 12.2 Å². The van der Waals surface area contributed by atoms with E-state index in [1.165, 1.54) is 19.5 Å². The second-order valence-electron chi connectivity index (χ2n) is 8.04. The van der Waals surface area contributed by atoms with Gasteiger partial charge in [-0.1, -0.05) is 0 Å². The highest BCUT2D eigenvalue weighted by atomic mass is 16.4. The maximum atomic E-state index is 9.55. The summed E-state index contributed by atoms with van der Waals surface area (Å²) in [5, 5.41) is 15.6. The molecule has 4 bridgehead atoms. The number of rotatable bonds is 2. The summed E-state index contributed by atoms with van der Waals surface area (Å²) in [6.07, 6.45) is 10.6. The van der Waals surface area contributed by atoms with Crippen molar-refractivity contribution in [2.24, 2.45) is 29.1 Å². The molecule has 5 aliphatic rings. The van der Waals surface area contributed by atoms with Gasteiger partial charge in [-0.15, -0.1) is 0 Å². The van der Waals surface area contributed by atoms with E-state index in [9.17, 15) is 9.59 Å². The molecule has 5 fully saturated rings. The van der Waals surface area contributed by atoms with Gasteiger partial charge in [-0.2, -0.15) is 0 Å². The summed E-state index contributed by atoms with van der Waals surface area (Å²) in [6, 6.07) is 0. The normalized spacial score (nSPS) is 41.3. The lowest BCUT2D eigenvalue weighted by atomic mass is 9.45. The molecule has 0 unspecified atom stereocenters. The van der Waals surface area contributed by atoms with E-state index >= 15 is 0 Å². The third-order valence-electron chi connectivity index (χ3n) is 6.66. The Morgan fingerprint density at radius 1 is 0.957 bits per heavy atom. The number of nitrogens with zero attached hydrogens (tertiary/aromatic N) is 1. The number of carbonyl (C=O) groups is 2. The average molecular weight is 321 g/mol. The highest BCUT2D eigenvalue weighted by Crippen LogP contribution is 2.64. The third kappa shape index (κ3) is 3.30. The van der Waals surface area contributed by atoms with Crippen molar-refractivity contribution in [1.82, 2.24) is 4.90 Å². The van der Waals surface area contributed by atoms with Gasteiger partial charge in [-0.25, -0.2) is 9.59 Å². The van der Waals surface area contributed by atoms with Crippen LogP contribution in [0, 0.1) is 29.1 Å². The average Bonchev–Trinajstić information content (AvgIpc) is 2.86. The minimum atomic E-state index is -1.26. The van der Waals surface area contributed by atoms with E-state index in [-0.39, 0.29) is 0 Å². The Labute approximate surface area is 137 Å². The van der Waals surface area contributed by atoms with Crippen LogP contribution < -0.4 is 0 Å². The molecule has 23 heavy (non-hydrogen) atoms. The van der Waals surface area contributed by atoms with Crippen molar-refractivity contribution in [2.45, 2.75) is 38.5 Å². The van der Waals surface area contributed by atoms with Crippen LogP contribution in [0.15, 0.2) is 12.2 Å². The van der Waals surface area contributed by atoms with Crippen LogP contribution in [0.3, 0.4) is 0 Å². The molecule has 0 amide bonds. The summed E-state index contributed by atoms with van der Waals surface area (Å²) in [5.41, 5.74) is 0.794. The number of carboxylic acid groups (broad SMARTS) is 2. The Morgan fingerprint density at radius 2 is 1.43 bits per heavy atom. The van der Waals surface area contributed by atoms with E-state index in [0.717, 1.165) is 29.1 Å². The Hall–Kier alpha value is -1.36. The Bertz CT molecular complexity index is 469. The van der Waals surface area contributed by atoms with Gasteiger partial charge in [-0.3, -0.25) is 0 Å². The first-order valence-electron chi connectivity index (χ1n) is 8.71. The quantitative estimate of drug-likeness (QED) is 0.764. The maximum Gasteiger partial charge on any atom is 0.328 e. The summed E-state index contributed by atoms with van der Waals surface area (Å²) in [6.45, 7) is 2.81. The predicted molar refractivity (Wildman–Crippen MR) is 86.0 cm³/mol. The van der Waals surface area contributed by atoms with Gasteiger partial charge in [0.25, 0.3) is 0 Å². The van der Waals surface area contributed by atoms with Crippen molar-refractivity contribution < 1.29 is 19.8 Å². The Morgan fingerprint density at radius 3 is 1.78 bits per heavy atom. The van der Waals surface area contributed by atoms with Crippen LogP contribution in [0.1, 0.15) is 38.5 Å². The second kappa shape index (κ2) is 6.27. The first-order valence-corrected chi connectivity index (χ1v) is 8.71. The highest BCUT2D eigenvalue weighted by Gasteiger charge is 2.58. The zero-order chi connectivity index (χ0) is 16.6. The first kappa shape index (κ1) is 16.5. The monoisotopic (exact) mass is 321 g/mol. The van der Waals surface area contributed by atoms with Crippen LogP contribution in [0.5, 0.6) is 0 Å². The van der Waals surface area contributed by atoms with E-state index in [1.807, 2.05) is 0 Å². The summed E-state index contributed by atoms with van der Waals surface area (Å²) >= 11 is 0. The van der Waals surface area contributed by atoms with Crippen LogP contribution in [0.25, 0.3) is 0 Å². The van der Waals surface area contributed by atoms with Crippen LogP contribution in [0.2, 0.25) is 0 Å². The fraction of sp³-hybridized carbons (Fsp3) is 0.778. The molecular weight excluding hydrogens is 294 g/mol. The molecule has 1 aliphatic heterocycles. The lowest BCUT2D eigenvalue weighted by molar-refractivity contribution is -0.134. The maximum absolute atomic E-state index is 9.55. The second-order valence-corrected chi connectivity index (χ2v) is 8.04. The summed E-state index contributed by atoms with van der Waals surface area (Å²) in [7, 11) is 2.33. The molecular formula is C18H27NO4. The smallest absolute Gasteiger partial charge is 0.328 e. The molecule has 4 saturated carbocycles.